The van der Waals surface area contributed by atoms with E-state index in [4.69, 9.17) is 0 Å². The molecule has 1 aromatic heterocycles. The van der Waals surface area contributed by atoms with E-state index in [1.165, 1.54) is 17.0 Å². The molecule has 0 aliphatic carbocycles. The second kappa shape index (κ2) is 16.1. The number of aromatic nitrogens is 2. The third kappa shape index (κ3) is 8.08. The zero-order chi connectivity index (χ0) is 32.7. The number of ketones is 1. The molecule has 0 aliphatic heterocycles. The maximum Gasteiger partial charge on any atom is 0.169 e. The summed E-state index contributed by atoms with van der Waals surface area (Å²) in [6.07, 6.45) is 4.91. The Labute approximate surface area is 287 Å². The third-order valence-electron chi connectivity index (χ3n) is 8.67. The number of hydrogen-bond donors (Lipinski definition) is 1. The van der Waals surface area contributed by atoms with Gasteiger partial charge in [-0.05, 0) is 53.3 Å². The van der Waals surface area contributed by atoms with Crippen LogP contribution in [0.25, 0.3) is 43.6 Å². The Morgan fingerprint density at radius 3 is 1.98 bits per heavy atom. The van der Waals surface area contributed by atoms with Crippen molar-refractivity contribution in [3.63, 3.8) is 0 Å². The maximum atomic E-state index is 11.7. The monoisotopic (exact) mass is 791 g/mol. The van der Waals surface area contributed by atoms with Crippen molar-refractivity contribution in [1.82, 2.24) is 10.2 Å². The van der Waals surface area contributed by atoms with E-state index in [9.17, 15) is 15.2 Å². The van der Waals surface area contributed by atoms with Gasteiger partial charge < -0.3 is 5.11 Å². The summed E-state index contributed by atoms with van der Waals surface area (Å²) in [6.45, 7) is 14.7. The number of allylic oxidation sites excluding steroid dienone is 2. The fourth-order valence-electron chi connectivity index (χ4n) is 5.88. The molecule has 4 aromatic carbocycles. The van der Waals surface area contributed by atoms with Crippen LogP contribution < -0.4 is 0 Å². The molecular formula is C40H44IrN3O2-. The molecule has 5 rings (SSSR count). The van der Waals surface area contributed by atoms with Crippen molar-refractivity contribution in [1.29, 1.82) is 5.26 Å². The van der Waals surface area contributed by atoms with Gasteiger partial charge in [-0.15, -0.1) is 34.2 Å². The van der Waals surface area contributed by atoms with Crippen molar-refractivity contribution >= 4 is 38.1 Å². The Morgan fingerprint density at radius 1 is 0.848 bits per heavy atom. The van der Waals surface area contributed by atoms with E-state index in [2.05, 4.69) is 85.6 Å². The van der Waals surface area contributed by atoms with E-state index in [1.54, 1.807) is 0 Å². The molecule has 5 nitrogen and oxygen atoms in total. The average Bonchev–Trinajstić information content (AvgIpc) is 3.03. The van der Waals surface area contributed by atoms with Crippen LogP contribution in [0.5, 0.6) is 0 Å². The molecule has 0 bridgehead atoms. The number of carbonyl (C=O) groups excluding carboxylic acids is 1. The summed E-state index contributed by atoms with van der Waals surface area (Å²) < 4.78 is 0. The Hall–Kier alpha value is -3.91. The molecular weight excluding hydrogens is 747 g/mol. The molecule has 1 radical (unpaired) electrons. The summed E-state index contributed by atoms with van der Waals surface area (Å²) in [5.41, 5.74) is 3.21. The quantitative estimate of drug-likeness (QED) is 0.0732. The van der Waals surface area contributed by atoms with Crippen molar-refractivity contribution in [3.8, 4) is 17.3 Å². The first-order chi connectivity index (χ1) is 21.6. The first kappa shape index (κ1) is 36.6. The largest absolute Gasteiger partial charge is 0.512 e. The molecule has 5 aromatic rings. The zero-order valence-electron chi connectivity index (χ0n) is 27.9. The Bertz CT molecular complexity index is 1890. The van der Waals surface area contributed by atoms with Crippen LogP contribution in [0.2, 0.25) is 0 Å². The number of nitrogens with zero attached hydrogens (tertiary/aromatic N) is 3. The molecule has 46 heavy (non-hydrogen) atoms. The normalized spacial score (nSPS) is 11.8. The molecule has 241 valence electrons. The van der Waals surface area contributed by atoms with Gasteiger partial charge in [-0.2, -0.15) is 10.4 Å². The van der Waals surface area contributed by atoms with Gasteiger partial charge >= 0.3 is 0 Å². The van der Waals surface area contributed by atoms with E-state index in [0.717, 1.165) is 63.9 Å². The van der Waals surface area contributed by atoms with Crippen molar-refractivity contribution in [2.24, 2.45) is 11.8 Å². The minimum atomic E-state index is -0.0357. The SMILES string of the molecule is CC(C)(C)c1cc(-c2nnc(C#N)c3cc4ccccc4cc23)[c-]c2ccccc12.CCC(CC)C(=O)/C=C(\O)C(CC)CC.[Ir]. The van der Waals surface area contributed by atoms with Gasteiger partial charge in [0.2, 0.25) is 0 Å². The predicted octanol–water partition coefficient (Wildman–Crippen LogP) is 10.4. The van der Waals surface area contributed by atoms with Crippen LogP contribution in [0.3, 0.4) is 0 Å². The number of benzene rings is 4. The first-order valence-corrected chi connectivity index (χ1v) is 16.1. The number of carbonyl (C=O) groups is 1. The van der Waals surface area contributed by atoms with Crippen molar-refractivity contribution < 1.29 is 30.0 Å². The van der Waals surface area contributed by atoms with Crippen LogP contribution in [0, 0.1) is 29.2 Å². The van der Waals surface area contributed by atoms with Crippen LogP contribution in [-0.4, -0.2) is 21.1 Å². The number of nitriles is 1. The van der Waals surface area contributed by atoms with Gasteiger partial charge in [0.15, 0.2) is 11.5 Å². The molecule has 0 spiro atoms. The van der Waals surface area contributed by atoms with Crippen LogP contribution in [0.4, 0.5) is 0 Å². The summed E-state index contributed by atoms with van der Waals surface area (Å²) in [5, 5.41) is 34.3. The Balaban J connectivity index is 0.000000309. The zero-order valence-corrected chi connectivity index (χ0v) is 30.3. The summed E-state index contributed by atoms with van der Waals surface area (Å²) >= 11 is 0. The van der Waals surface area contributed by atoms with Crippen LogP contribution in [0.15, 0.2) is 78.6 Å². The Kier molecular flexibility index (Phi) is 12.8. The van der Waals surface area contributed by atoms with Crippen molar-refractivity contribution in [2.75, 3.05) is 0 Å². The number of hydrogen-bond acceptors (Lipinski definition) is 5. The van der Waals surface area contributed by atoms with Gasteiger partial charge in [-0.25, -0.2) is 0 Å². The standard InChI is InChI=1S/C27H20N3.C13H24O2.Ir/c1-27(2,3)24-15-20(12-19-10-6-7-11-21(19)24)26-23-14-18-9-5-4-8-17(18)13-22(23)25(16-28)29-30-26;1-5-10(6-2)12(14)9-13(15)11(7-3)8-4;/h4-11,13-15H,1-3H3;9-11,14H,5-8H2,1-4H3;/q-1;;/b;12-9-;. The van der Waals surface area contributed by atoms with E-state index < -0.39 is 0 Å². The number of aliphatic hydroxyl groups excluding tert-OH is 1. The van der Waals surface area contributed by atoms with Crippen molar-refractivity contribution in [2.45, 2.75) is 79.6 Å². The molecule has 0 fully saturated rings. The molecule has 0 atom stereocenters. The molecule has 1 heterocycles. The number of aliphatic hydroxyl groups is 1. The van der Waals surface area contributed by atoms with E-state index >= 15 is 0 Å². The average molecular weight is 791 g/mol. The van der Waals surface area contributed by atoms with E-state index in [0.29, 0.717) is 5.69 Å². The molecule has 0 saturated carbocycles. The smallest absolute Gasteiger partial charge is 0.169 e. The second-order valence-corrected chi connectivity index (χ2v) is 12.6. The summed E-state index contributed by atoms with van der Waals surface area (Å²) in [7, 11) is 0. The maximum absolute atomic E-state index is 11.7. The minimum Gasteiger partial charge on any atom is -0.512 e. The molecule has 6 heteroatoms. The van der Waals surface area contributed by atoms with Crippen LogP contribution >= 0.6 is 0 Å². The number of fused-ring (bicyclic) bond motifs is 3. The third-order valence-corrected chi connectivity index (χ3v) is 8.67. The summed E-state index contributed by atoms with van der Waals surface area (Å²) in [5.74, 6) is 0.547. The van der Waals surface area contributed by atoms with Crippen molar-refractivity contribution in [3.05, 3.63) is 95.9 Å². The molecule has 0 aliphatic rings. The van der Waals surface area contributed by atoms with Gasteiger partial charge in [-0.1, -0.05) is 108 Å². The van der Waals surface area contributed by atoms with Crippen LogP contribution in [0.1, 0.15) is 85.4 Å². The first-order valence-electron chi connectivity index (χ1n) is 16.1. The van der Waals surface area contributed by atoms with Crippen LogP contribution in [-0.2, 0) is 30.3 Å². The molecule has 0 unspecified atom stereocenters. The summed E-state index contributed by atoms with van der Waals surface area (Å²) in [4.78, 5) is 11.7. The number of rotatable bonds is 8. The summed E-state index contributed by atoms with van der Waals surface area (Å²) in [6, 6.07) is 28.5. The predicted molar refractivity (Wildman–Crippen MR) is 186 cm³/mol. The fraction of sp³-hybridized carbons (Fsp3) is 0.350. The van der Waals surface area contributed by atoms with Gasteiger partial charge in [0.25, 0.3) is 0 Å². The van der Waals surface area contributed by atoms with Gasteiger partial charge in [0.05, 0.1) is 5.76 Å². The molecule has 1 N–H and O–H groups in total. The van der Waals surface area contributed by atoms with E-state index in [-0.39, 0.29) is 48.9 Å². The van der Waals surface area contributed by atoms with Gasteiger partial charge in [0, 0.05) is 49.1 Å². The topological polar surface area (TPSA) is 86.9 Å². The second-order valence-electron chi connectivity index (χ2n) is 12.6. The fourth-order valence-corrected chi connectivity index (χ4v) is 5.88. The minimum absolute atomic E-state index is 0. The van der Waals surface area contributed by atoms with Gasteiger partial charge in [-0.3, -0.25) is 4.79 Å². The Morgan fingerprint density at radius 2 is 1.41 bits per heavy atom. The van der Waals surface area contributed by atoms with E-state index in [1.807, 2.05) is 52.0 Å². The molecule has 0 saturated heterocycles. The molecule has 0 amide bonds. The van der Waals surface area contributed by atoms with Gasteiger partial charge in [0.1, 0.15) is 6.07 Å².